The van der Waals surface area contributed by atoms with Crippen molar-refractivity contribution >= 4 is 11.6 Å². The van der Waals surface area contributed by atoms with Crippen LogP contribution >= 0.6 is 0 Å². The summed E-state index contributed by atoms with van der Waals surface area (Å²) in [6, 6.07) is 10.2. The minimum absolute atomic E-state index is 0.0276. The third-order valence-corrected chi connectivity index (χ3v) is 4.70. The fourth-order valence-electron chi connectivity index (χ4n) is 2.66. The molecule has 2 rings (SSSR count). The van der Waals surface area contributed by atoms with Crippen molar-refractivity contribution in [1.29, 1.82) is 0 Å². The molecule has 0 bridgehead atoms. The summed E-state index contributed by atoms with van der Waals surface area (Å²) < 4.78 is 0. The molecule has 2 aromatic rings. The molecule has 1 unspecified atom stereocenters. The molecule has 2 N–H and O–H groups in total. The molecule has 0 fully saturated rings. The molecule has 1 atom stereocenters. The van der Waals surface area contributed by atoms with Gasteiger partial charge in [0.1, 0.15) is 0 Å². The van der Waals surface area contributed by atoms with Gasteiger partial charge in [-0.25, -0.2) is 0 Å². The highest BCUT2D eigenvalue weighted by Gasteiger charge is 2.15. The summed E-state index contributed by atoms with van der Waals surface area (Å²) in [5.41, 5.74) is 9.80. The van der Waals surface area contributed by atoms with Gasteiger partial charge in [0.25, 0.3) is 5.91 Å². The van der Waals surface area contributed by atoms with E-state index in [4.69, 9.17) is 5.73 Å². The lowest BCUT2D eigenvalue weighted by Gasteiger charge is -2.21. The van der Waals surface area contributed by atoms with Crippen LogP contribution in [-0.2, 0) is 0 Å². The van der Waals surface area contributed by atoms with Crippen LogP contribution in [0.15, 0.2) is 42.7 Å². The lowest BCUT2D eigenvalue weighted by atomic mass is 10.0. The summed E-state index contributed by atoms with van der Waals surface area (Å²) in [4.78, 5) is 20.7. The lowest BCUT2D eigenvalue weighted by molar-refractivity contribution is 0.0789. The zero-order valence-corrected chi connectivity index (χ0v) is 16.4. The highest BCUT2D eigenvalue weighted by atomic mass is 16.2. The smallest absolute Gasteiger partial charge is 0.255 e. The van der Waals surface area contributed by atoms with Crippen molar-refractivity contribution in [2.45, 2.75) is 26.3 Å². The summed E-state index contributed by atoms with van der Waals surface area (Å²) >= 11 is 0. The number of hydrogen-bond donors (Lipinski definition) is 1. The maximum atomic E-state index is 12.7. The first-order valence-electron chi connectivity index (χ1n) is 9.03. The number of nitrogens with two attached hydrogens (primary N) is 1. The molecule has 1 amide bonds. The average molecular weight is 354 g/mol. The Morgan fingerprint density at radius 1 is 1.08 bits per heavy atom. The van der Waals surface area contributed by atoms with E-state index < -0.39 is 0 Å². The Hall–Kier alpha value is -2.40. The second-order valence-electron chi connectivity index (χ2n) is 7.33. The van der Waals surface area contributed by atoms with Crippen molar-refractivity contribution in [3.63, 3.8) is 0 Å². The first kappa shape index (κ1) is 19.9. The van der Waals surface area contributed by atoms with Crippen molar-refractivity contribution in [2.75, 3.05) is 32.6 Å². The molecule has 0 aliphatic rings. The highest BCUT2D eigenvalue weighted by molar-refractivity contribution is 5.95. The van der Waals surface area contributed by atoms with Crippen molar-refractivity contribution in [1.82, 2.24) is 9.88 Å². The second-order valence-corrected chi connectivity index (χ2v) is 7.33. The molecule has 0 saturated heterocycles. The van der Waals surface area contributed by atoms with Crippen LogP contribution in [-0.4, -0.2) is 49.5 Å². The van der Waals surface area contributed by atoms with Gasteiger partial charge in [-0.1, -0.05) is 26.0 Å². The van der Waals surface area contributed by atoms with E-state index in [2.05, 4.69) is 35.9 Å². The molecule has 0 radical (unpaired) electrons. The average Bonchev–Trinajstić information content (AvgIpc) is 2.65. The van der Waals surface area contributed by atoms with Gasteiger partial charge in [-0.3, -0.25) is 9.78 Å². The minimum atomic E-state index is -0.0276. The molecule has 1 aromatic heterocycles. The number of nitrogens with zero attached hydrogens (tertiary/aromatic N) is 3. The predicted octanol–water partition coefficient (Wildman–Crippen LogP) is 3.26. The van der Waals surface area contributed by atoms with Crippen LogP contribution in [0.25, 0.3) is 11.1 Å². The number of hydrogen-bond acceptors (Lipinski definition) is 4. The Morgan fingerprint density at radius 3 is 2.31 bits per heavy atom. The maximum absolute atomic E-state index is 12.7. The number of carbonyl (C=O) groups is 1. The maximum Gasteiger partial charge on any atom is 0.255 e. The van der Waals surface area contributed by atoms with E-state index in [1.54, 1.807) is 17.3 Å². The van der Waals surface area contributed by atoms with E-state index in [9.17, 15) is 4.79 Å². The molecule has 26 heavy (non-hydrogen) atoms. The van der Waals surface area contributed by atoms with Crippen LogP contribution in [0.5, 0.6) is 0 Å². The third-order valence-electron chi connectivity index (χ3n) is 4.70. The molecular weight excluding hydrogens is 324 g/mol. The van der Waals surface area contributed by atoms with Crippen LogP contribution < -0.4 is 10.6 Å². The van der Waals surface area contributed by atoms with Gasteiger partial charge in [0.2, 0.25) is 0 Å². The molecule has 0 saturated carbocycles. The predicted molar refractivity (Wildman–Crippen MR) is 108 cm³/mol. The third kappa shape index (κ3) is 5.05. The van der Waals surface area contributed by atoms with Gasteiger partial charge in [-0.15, -0.1) is 0 Å². The van der Waals surface area contributed by atoms with E-state index in [-0.39, 0.29) is 11.9 Å². The monoisotopic (exact) mass is 354 g/mol. The number of rotatable bonds is 7. The number of aromatic nitrogens is 1. The number of benzene rings is 1. The van der Waals surface area contributed by atoms with Gasteiger partial charge < -0.3 is 15.5 Å². The van der Waals surface area contributed by atoms with E-state index in [1.165, 1.54) is 0 Å². The Labute approximate surface area is 156 Å². The van der Waals surface area contributed by atoms with Crippen LogP contribution in [0.2, 0.25) is 0 Å². The summed E-state index contributed by atoms with van der Waals surface area (Å²) in [6.07, 6.45) is 4.20. The second kappa shape index (κ2) is 8.81. The zero-order valence-electron chi connectivity index (χ0n) is 16.4. The fourth-order valence-corrected chi connectivity index (χ4v) is 2.66. The highest BCUT2D eigenvalue weighted by Crippen LogP contribution is 2.23. The van der Waals surface area contributed by atoms with Gasteiger partial charge in [0, 0.05) is 57.4 Å². The molecular formula is C21H30N4O. The topological polar surface area (TPSA) is 62.5 Å². The fraction of sp³-hybridized carbons (Fsp3) is 0.429. The van der Waals surface area contributed by atoms with E-state index in [0.717, 1.165) is 23.2 Å². The Morgan fingerprint density at radius 2 is 1.73 bits per heavy atom. The first-order valence-corrected chi connectivity index (χ1v) is 9.03. The standard InChI is InChI=1S/C21H30N4O/c1-15(2)20(22)10-11-25(5)21(26)18-12-17(13-23-14-18)16-6-8-19(9-7-16)24(3)4/h6-9,12-15,20H,10-11,22H2,1-5H3. The van der Waals surface area contributed by atoms with Crippen molar-refractivity contribution in [3.05, 3.63) is 48.3 Å². The normalized spacial score (nSPS) is 12.1. The molecule has 1 aromatic carbocycles. The van der Waals surface area contributed by atoms with Crippen LogP contribution in [0.3, 0.4) is 0 Å². The SMILES string of the molecule is CC(C)C(N)CCN(C)C(=O)c1cncc(-c2ccc(N(C)C)cc2)c1. The number of pyridine rings is 1. The first-order chi connectivity index (χ1) is 12.3. The molecule has 0 aliphatic heterocycles. The molecule has 140 valence electrons. The Kier molecular flexibility index (Phi) is 6.75. The number of carbonyl (C=O) groups excluding carboxylic acids is 1. The van der Waals surface area contributed by atoms with Crippen LogP contribution in [0.4, 0.5) is 5.69 Å². The van der Waals surface area contributed by atoms with Crippen LogP contribution in [0, 0.1) is 5.92 Å². The van der Waals surface area contributed by atoms with E-state index >= 15 is 0 Å². The van der Waals surface area contributed by atoms with Crippen LogP contribution in [0.1, 0.15) is 30.6 Å². The summed E-state index contributed by atoms with van der Waals surface area (Å²) in [6.45, 7) is 4.84. The van der Waals surface area contributed by atoms with Crippen molar-refractivity contribution in [3.8, 4) is 11.1 Å². The van der Waals surface area contributed by atoms with Gasteiger partial charge in [-0.2, -0.15) is 0 Å². The van der Waals surface area contributed by atoms with Gasteiger partial charge >= 0.3 is 0 Å². The number of anilines is 1. The largest absolute Gasteiger partial charge is 0.378 e. The van der Waals surface area contributed by atoms with Crippen molar-refractivity contribution in [2.24, 2.45) is 11.7 Å². The quantitative estimate of drug-likeness (QED) is 0.829. The van der Waals surface area contributed by atoms with Crippen molar-refractivity contribution < 1.29 is 4.79 Å². The van der Waals surface area contributed by atoms with Gasteiger partial charge in [-0.05, 0) is 36.1 Å². The van der Waals surface area contributed by atoms with E-state index in [1.807, 2.05) is 39.3 Å². The zero-order chi connectivity index (χ0) is 19.3. The van der Waals surface area contributed by atoms with Gasteiger partial charge in [0.15, 0.2) is 0 Å². The summed E-state index contributed by atoms with van der Waals surface area (Å²) in [7, 11) is 5.83. The molecule has 5 nitrogen and oxygen atoms in total. The Bertz CT molecular complexity index is 725. The molecule has 1 heterocycles. The molecule has 0 aliphatic carbocycles. The van der Waals surface area contributed by atoms with E-state index in [0.29, 0.717) is 18.0 Å². The minimum Gasteiger partial charge on any atom is -0.378 e. The Balaban J connectivity index is 2.11. The molecule has 5 heteroatoms. The lowest BCUT2D eigenvalue weighted by Crippen LogP contribution is -2.34. The molecule has 0 spiro atoms. The summed E-state index contributed by atoms with van der Waals surface area (Å²) in [5, 5.41) is 0. The number of amides is 1. The summed E-state index contributed by atoms with van der Waals surface area (Å²) in [5.74, 6) is 0.383. The van der Waals surface area contributed by atoms with Gasteiger partial charge in [0.05, 0.1) is 5.56 Å².